The zero-order valence-corrected chi connectivity index (χ0v) is 12.4. The third-order valence-electron chi connectivity index (χ3n) is 4.51. The molecule has 1 aliphatic carbocycles. The van der Waals surface area contributed by atoms with Gasteiger partial charge in [-0.3, -0.25) is 0 Å². The van der Waals surface area contributed by atoms with Crippen LogP contribution in [0.3, 0.4) is 0 Å². The first-order chi connectivity index (χ1) is 9.03. The van der Waals surface area contributed by atoms with Crippen LogP contribution in [0.2, 0.25) is 0 Å². The summed E-state index contributed by atoms with van der Waals surface area (Å²) < 4.78 is 5.48. The first-order valence-electron chi connectivity index (χ1n) is 7.34. The Morgan fingerprint density at radius 1 is 1.32 bits per heavy atom. The van der Waals surface area contributed by atoms with Gasteiger partial charge in [0.05, 0.1) is 11.7 Å². The molecule has 0 heterocycles. The Balaban J connectivity index is 2.07. The number of ether oxygens (including phenoxy) is 1. The molecule has 2 heteroatoms. The van der Waals surface area contributed by atoms with E-state index in [4.69, 9.17) is 4.74 Å². The van der Waals surface area contributed by atoms with Crippen LogP contribution in [-0.4, -0.2) is 17.8 Å². The summed E-state index contributed by atoms with van der Waals surface area (Å²) >= 11 is 0. The Bertz CT molecular complexity index is 411. The summed E-state index contributed by atoms with van der Waals surface area (Å²) in [7, 11) is 1.76. The standard InChI is InChI=1S/C17H26O2/c1-17(2,19-3)12-11-14-9-6-8-13-7-4-5-10-15(13)16(14)18/h4-5,7,10,14,16,18H,6,8-9,11-12H2,1-3H3. The number of hydrogen-bond donors (Lipinski definition) is 1. The predicted molar refractivity (Wildman–Crippen MR) is 78.2 cm³/mol. The molecule has 0 saturated carbocycles. The van der Waals surface area contributed by atoms with Gasteiger partial charge in [-0.1, -0.05) is 24.3 Å². The smallest absolute Gasteiger partial charge is 0.0820 e. The first kappa shape index (κ1) is 14.5. The summed E-state index contributed by atoms with van der Waals surface area (Å²) in [6, 6.07) is 8.34. The average molecular weight is 262 g/mol. The third kappa shape index (κ3) is 3.58. The Kier molecular flexibility index (Phi) is 4.64. The van der Waals surface area contributed by atoms with Crippen LogP contribution in [0, 0.1) is 5.92 Å². The van der Waals surface area contributed by atoms with Gasteiger partial charge in [0, 0.05) is 7.11 Å². The average Bonchev–Trinajstić information content (AvgIpc) is 2.57. The highest BCUT2D eigenvalue weighted by atomic mass is 16.5. The molecule has 0 aromatic heterocycles. The van der Waals surface area contributed by atoms with Crippen LogP contribution in [0.5, 0.6) is 0 Å². The van der Waals surface area contributed by atoms with Crippen molar-refractivity contribution >= 4 is 0 Å². The second kappa shape index (κ2) is 6.06. The second-order valence-electron chi connectivity index (χ2n) is 6.30. The fourth-order valence-corrected chi connectivity index (χ4v) is 2.95. The van der Waals surface area contributed by atoms with Gasteiger partial charge in [-0.05, 0) is 63.0 Å². The maximum Gasteiger partial charge on any atom is 0.0820 e. The summed E-state index contributed by atoms with van der Waals surface area (Å²) in [4.78, 5) is 0. The van der Waals surface area contributed by atoms with Crippen molar-refractivity contribution in [1.29, 1.82) is 0 Å². The van der Waals surface area contributed by atoms with Crippen molar-refractivity contribution in [3.05, 3.63) is 35.4 Å². The van der Waals surface area contributed by atoms with E-state index >= 15 is 0 Å². The SMILES string of the molecule is COC(C)(C)CCC1CCCc2ccccc2C1O. The summed E-state index contributed by atoms with van der Waals surface area (Å²) in [5, 5.41) is 10.6. The topological polar surface area (TPSA) is 29.5 Å². The largest absolute Gasteiger partial charge is 0.388 e. The van der Waals surface area contributed by atoms with Crippen molar-refractivity contribution in [3.8, 4) is 0 Å². The number of rotatable bonds is 4. The molecule has 0 radical (unpaired) electrons. The highest BCUT2D eigenvalue weighted by Crippen LogP contribution is 2.36. The molecule has 1 aromatic carbocycles. The van der Waals surface area contributed by atoms with Gasteiger partial charge in [0.2, 0.25) is 0 Å². The van der Waals surface area contributed by atoms with E-state index in [1.807, 2.05) is 6.07 Å². The van der Waals surface area contributed by atoms with Crippen LogP contribution in [0.1, 0.15) is 56.8 Å². The highest BCUT2D eigenvalue weighted by Gasteiger charge is 2.27. The zero-order valence-electron chi connectivity index (χ0n) is 12.4. The number of aliphatic hydroxyl groups is 1. The molecule has 2 atom stereocenters. The lowest BCUT2D eigenvalue weighted by atomic mass is 9.86. The van der Waals surface area contributed by atoms with Gasteiger partial charge in [-0.15, -0.1) is 0 Å². The molecule has 0 aliphatic heterocycles. The van der Waals surface area contributed by atoms with Gasteiger partial charge in [-0.25, -0.2) is 0 Å². The monoisotopic (exact) mass is 262 g/mol. The van der Waals surface area contributed by atoms with E-state index in [0.29, 0.717) is 5.92 Å². The first-order valence-corrected chi connectivity index (χ1v) is 7.34. The molecular weight excluding hydrogens is 236 g/mol. The number of fused-ring (bicyclic) bond motifs is 1. The maximum absolute atomic E-state index is 10.6. The minimum absolute atomic E-state index is 0.0917. The van der Waals surface area contributed by atoms with Crippen LogP contribution in [0.4, 0.5) is 0 Å². The van der Waals surface area contributed by atoms with Gasteiger partial charge in [0.15, 0.2) is 0 Å². The molecule has 0 saturated heterocycles. The van der Waals surface area contributed by atoms with E-state index < -0.39 is 0 Å². The Labute approximate surface area is 116 Å². The van der Waals surface area contributed by atoms with Crippen molar-refractivity contribution in [2.24, 2.45) is 5.92 Å². The van der Waals surface area contributed by atoms with Gasteiger partial charge in [0.1, 0.15) is 0 Å². The lowest BCUT2D eigenvalue weighted by Gasteiger charge is -2.28. The number of aryl methyl sites for hydroxylation is 1. The molecule has 2 rings (SSSR count). The summed E-state index contributed by atoms with van der Waals surface area (Å²) in [6.07, 6.45) is 5.08. The van der Waals surface area contributed by atoms with E-state index in [1.54, 1.807) is 7.11 Å². The van der Waals surface area contributed by atoms with Crippen molar-refractivity contribution < 1.29 is 9.84 Å². The van der Waals surface area contributed by atoms with Gasteiger partial charge in [0.25, 0.3) is 0 Å². The van der Waals surface area contributed by atoms with Gasteiger partial charge in [-0.2, -0.15) is 0 Å². The Morgan fingerprint density at radius 3 is 2.79 bits per heavy atom. The highest BCUT2D eigenvalue weighted by molar-refractivity contribution is 5.30. The second-order valence-corrected chi connectivity index (χ2v) is 6.30. The summed E-state index contributed by atoms with van der Waals surface area (Å²) in [6.45, 7) is 4.23. The quantitative estimate of drug-likeness (QED) is 0.834. The molecule has 0 fully saturated rings. The van der Waals surface area contributed by atoms with Crippen LogP contribution < -0.4 is 0 Å². The minimum atomic E-state index is -0.314. The Morgan fingerprint density at radius 2 is 2.05 bits per heavy atom. The predicted octanol–water partition coefficient (Wildman–Crippen LogP) is 3.88. The van der Waals surface area contributed by atoms with E-state index in [2.05, 4.69) is 32.0 Å². The minimum Gasteiger partial charge on any atom is -0.388 e. The molecule has 1 N–H and O–H groups in total. The molecule has 2 nitrogen and oxygen atoms in total. The number of methoxy groups -OCH3 is 1. The molecule has 0 bridgehead atoms. The number of benzene rings is 1. The maximum atomic E-state index is 10.6. The molecule has 1 aromatic rings. The molecule has 0 amide bonds. The van der Waals surface area contributed by atoms with Gasteiger partial charge >= 0.3 is 0 Å². The number of hydrogen-bond acceptors (Lipinski definition) is 2. The van der Waals surface area contributed by atoms with Crippen molar-refractivity contribution in [2.75, 3.05) is 7.11 Å². The van der Waals surface area contributed by atoms with Gasteiger partial charge < -0.3 is 9.84 Å². The lowest BCUT2D eigenvalue weighted by molar-refractivity contribution is 0.00154. The third-order valence-corrected chi connectivity index (χ3v) is 4.51. The van der Waals surface area contributed by atoms with E-state index in [0.717, 1.165) is 31.2 Å². The summed E-state index contributed by atoms with van der Waals surface area (Å²) in [5.41, 5.74) is 2.37. The molecular formula is C17H26O2. The fourth-order valence-electron chi connectivity index (χ4n) is 2.95. The van der Waals surface area contributed by atoms with Crippen LogP contribution in [0.15, 0.2) is 24.3 Å². The molecule has 2 unspecified atom stereocenters. The molecule has 1 aliphatic rings. The normalized spacial score (nSPS) is 23.8. The fraction of sp³-hybridized carbons (Fsp3) is 0.647. The zero-order chi connectivity index (χ0) is 13.9. The molecule has 0 spiro atoms. The van der Waals surface area contributed by atoms with Crippen LogP contribution >= 0.6 is 0 Å². The number of aliphatic hydroxyl groups excluding tert-OH is 1. The van der Waals surface area contributed by atoms with Crippen molar-refractivity contribution in [1.82, 2.24) is 0 Å². The Hall–Kier alpha value is -0.860. The van der Waals surface area contributed by atoms with Crippen LogP contribution in [-0.2, 0) is 11.2 Å². The van der Waals surface area contributed by atoms with Crippen LogP contribution in [0.25, 0.3) is 0 Å². The molecule has 19 heavy (non-hydrogen) atoms. The van der Waals surface area contributed by atoms with Crippen molar-refractivity contribution in [3.63, 3.8) is 0 Å². The van der Waals surface area contributed by atoms with Crippen molar-refractivity contribution in [2.45, 2.75) is 57.7 Å². The van der Waals surface area contributed by atoms with E-state index in [1.165, 1.54) is 12.0 Å². The molecule has 106 valence electrons. The lowest BCUT2D eigenvalue weighted by Crippen LogP contribution is -2.24. The summed E-state index contributed by atoms with van der Waals surface area (Å²) in [5.74, 6) is 0.359. The van der Waals surface area contributed by atoms with E-state index in [9.17, 15) is 5.11 Å². The van der Waals surface area contributed by atoms with E-state index in [-0.39, 0.29) is 11.7 Å².